The number of unbranched alkanes of at least 4 members (excludes halogenated alkanes) is 1. The van der Waals surface area contributed by atoms with Crippen molar-refractivity contribution in [2.75, 3.05) is 6.61 Å². The Kier molecular flexibility index (Phi) is 5.55. The summed E-state index contributed by atoms with van der Waals surface area (Å²) in [4.78, 5) is 21.8. The first kappa shape index (κ1) is 16.0. The number of nitrogens with zero attached hydrogens (tertiary/aromatic N) is 2. The molecule has 0 aliphatic rings. The van der Waals surface area contributed by atoms with Crippen LogP contribution in [0.5, 0.6) is 5.75 Å². The maximum atomic E-state index is 11.6. The predicted molar refractivity (Wildman–Crippen MR) is 83.5 cm³/mol. The van der Waals surface area contributed by atoms with Gasteiger partial charge in [0.1, 0.15) is 5.75 Å². The Labute approximate surface area is 132 Å². The molecule has 1 aromatic heterocycles. The first-order valence-electron chi connectivity index (χ1n) is 6.79. The van der Waals surface area contributed by atoms with E-state index in [9.17, 15) is 14.9 Å². The third kappa shape index (κ3) is 4.60. The van der Waals surface area contributed by atoms with Gasteiger partial charge in [-0.05, 0) is 37.1 Å². The average Bonchev–Trinajstić information content (AvgIpc) is 2.50. The molecular formula is C15H15ClN2O4. The Morgan fingerprint density at radius 1 is 1.14 bits per heavy atom. The molecule has 0 saturated heterocycles. The van der Waals surface area contributed by atoms with Crippen LogP contribution in [0.15, 0.2) is 47.4 Å². The number of nitro groups is 1. The van der Waals surface area contributed by atoms with Crippen LogP contribution in [0.4, 0.5) is 5.69 Å². The van der Waals surface area contributed by atoms with Gasteiger partial charge in [0.2, 0.25) is 0 Å². The zero-order chi connectivity index (χ0) is 15.9. The first-order valence-corrected chi connectivity index (χ1v) is 7.17. The molecule has 0 N–H and O–H groups in total. The lowest BCUT2D eigenvalue weighted by Crippen LogP contribution is -2.19. The summed E-state index contributed by atoms with van der Waals surface area (Å²) in [6.07, 6.45) is 2.69. The summed E-state index contributed by atoms with van der Waals surface area (Å²) in [6, 6.07) is 9.49. The summed E-state index contributed by atoms with van der Waals surface area (Å²) >= 11 is 5.78. The topological polar surface area (TPSA) is 74.4 Å². The molecular weight excluding hydrogens is 308 g/mol. The monoisotopic (exact) mass is 322 g/mol. The highest BCUT2D eigenvalue weighted by atomic mass is 35.5. The van der Waals surface area contributed by atoms with Crippen LogP contribution in [-0.4, -0.2) is 16.1 Å². The fourth-order valence-electron chi connectivity index (χ4n) is 1.91. The lowest BCUT2D eigenvalue weighted by Gasteiger charge is -2.07. The van der Waals surface area contributed by atoms with Crippen LogP contribution in [-0.2, 0) is 6.54 Å². The molecule has 7 heteroatoms. The minimum Gasteiger partial charge on any atom is -0.494 e. The van der Waals surface area contributed by atoms with Crippen molar-refractivity contribution in [3.05, 3.63) is 68.1 Å². The van der Waals surface area contributed by atoms with Crippen molar-refractivity contribution in [3.63, 3.8) is 0 Å². The maximum absolute atomic E-state index is 11.6. The van der Waals surface area contributed by atoms with Gasteiger partial charge >= 0.3 is 0 Å². The second-order valence-electron chi connectivity index (χ2n) is 4.69. The third-order valence-electron chi connectivity index (χ3n) is 3.05. The number of hydrogen-bond donors (Lipinski definition) is 0. The summed E-state index contributed by atoms with van der Waals surface area (Å²) in [5.41, 5.74) is -0.332. The van der Waals surface area contributed by atoms with E-state index in [-0.39, 0.29) is 11.2 Å². The molecule has 0 aliphatic carbocycles. The number of rotatable bonds is 7. The number of aryl methyl sites for hydroxylation is 1. The zero-order valence-corrected chi connectivity index (χ0v) is 12.5. The Balaban J connectivity index is 1.79. The summed E-state index contributed by atoms with van der Waals surface area (Å²) in [7, 11) is 0. The van der Waals surface area contributed by atoms with Crippen LogP contribution >= 0.6 is 11.6 Å². The SMILES string of the molecule is O=c1ccc([N+](=O)[O-])cn1CCCCOc1ccc(Cl)cc1. The molecule has 2 rings (SSSR count). The maximum Gasteiger partial charge on any atom is 0.285 e. The highest BCUT2D eigenvalue weighted by Gasteiger charge is 2.07. The number of halogens is 1. The van der Waals surface area contributed by atoms with E-state index >= 15 is 0 Å². The largest absolute Gasteiger partial charge is 0.494 e. The number of aromatic nitrogens is 1. The fourth-order valence-corrected chi connectivity index (χ4v) is 2.03. The van der Waals surface area contributed by atoms with E-state index in [4.69, 9.17) is 16.3 Å². The van der Waals surface area contributed by atoms with Crippen LogP contribution < -0.4 is 10.3 Å². The minimum absolute atomic E-state index is 0.0861. The molecule has 0 atom stereocenters. The van der Waals surface area contributed by atoms with Gasteiger partial charge in [-0.1, -0.05) is 11.6 Å². The molecule has 0 spiro atoms. The zero-order valence-electron chi connectivity index (χ0n) is 11.8. The molecule has 22 heavy (non-hydrogen) atoms. The molecule has 0 fully saturated rings. The highest BCUT2D eigenvalue weighted by molar-refractivity contribution is 6.30. The van der Waals surface area contributed by atoms with Crippen molar-refractivity contribution in [2.45, 2.75) is 19.4 Å². The Hall–Kier alpha value is -2.34. The molecule has 2 aromatic rings. The van der Waals surface area contributed by atoms with Gasteiger partial charge in [-0.15, -0.1) is 0 Å². The smallest absolute Gasteiger partial charge is 0.285 e. The van der Waals surface area contributed by atoms with Crippen LogP contribution in [0.25, 0.3) is 0 Å². The van der Waals surface area contributed by atoms with Crippen molar-refractivity contribution < 1.29 is 9.66 Å². The minimum atomic E-state index is -0.514. The van der Waals surface area contributed by atoms with Gasteiger partial charge in [0.15, 0.2) is 0 Å². The van der Waals surface area contributed by atoms with Crippen LogP contribution in [0.1, 0.15) is 12.8 Å². The van der Waals surface area contributed by atoms with Gasteiger partial charge in [-0.25, -0.2) is 0 Å². The lowest BCUT2D eigenvalue weighted by molar-refractivity contribution is -0.385. The van der Waals surface area contributed by atoms with Crippen LogP contribution in [0.3, 0.4) is 0 Å². The quantitative estimate of drug-likeness (QED) is 0.445. The van der Waals surface area contributed by atoms with Crippen molar-refractivity contribution in [3.8, 4) is 5.75 Å². The summed E-state index contributed by atoms with van der Waals surface area (Å²) in [6.45, 7) is 0.926. The molecule has 0 saturated carbocycles. The number of ether oxygens (including phenoxy) is 1. The number of pyridine rings is 1. The fraction of sp³-hybridized carbons (Fsp3) is 0.267. The first-order chi connectivity index (χ1) is 10.6. The molecule has 1 aromatic carbocycles. The van der Waals surface area contributed by atoms with Crippen LogP contribution in [0.2, 0.25) is 5.02 Å². The van der Waals surface area contributed by atoms with E-state index in [0.29, 0.717) is 24.6 Å². The summed E-state index contributed by atoms with van der Waals surface area (Å²) in [5, 5.41) is 11.3. The predicted octanol–water partition coefficient (Wildman–Crippen LogP) is 3.27. The van der Waals surface area contributed by atoms with E-state index in [2.05, 4.69) is 0 Å². The average molecular weight is 323 g/mol. The van der Waals surface area contributed by atoms with E-state index < -0.39 is 4.92 Å². The Morgan fingerprint density at radius 2 is 1.86 bits per heavy atom. The molecule has 0 radical (unpaired) electrons. The van der Waals surface area contributed by atoms with Crippen molar-refractivity contribution in [1.29, 1.82) is 0 Å². The molecule has 116 valence electrons. The van der Waals surface area contributed by atoms with E-state index in [1.807, 2.05) is 0 Å². The normalized spacial score (nSPS) is 10.4. The van der Waals surface area contributed by atoms with Crippen molar-refractivity contribution >= 4 is 17.3 Å². The number of hydrogen-bond acceptors (Lipinski definition) is 4. The highest BCUT2D eigenvalue weighted by Crippen LogP contribution is 2.15. The molecule has 0 bridgehead atoms. The second kappa shape index (κ2) is 7.61. The van der Waals surface area contributed by atoms with Crippen LogP contribution in [0, 0.1) is 10.1 Å². The van der Waals surface area contributed by atoms with E-state index in [1.54, 1.807) is 24.3 Å². The standard InChI is InChI=1S/C15H15ClN2O4/c16-12-3-6-14(7-4-12)22-10-2-1-9-17-11-13(18(20)21)5-8-15(17)19/h3-8,11H,1-2,9-10H2. The lowest BCUT2D eigenvalue weighted by atomic mass is 10.3. The second-order valence-corrected chi connectivity index (χ2v) is 5.12. The molecule has 6 nitrogen and oxygen atoms in total. The Bertz CT molecular complexity index is 697. The third-order valence-corrected chi connectivity index (χ3v) is 3.31. The van der Waals surface area contributed by atoms with Gasteiger partial charge in [0, 0.05) is 23.7 Å². The number of benzene rings is 1. The van der Waals surface area contributed by atoms with Gasteiger partial charge < -0.3 is 9.30 Å². The summed E-state index contributed by atoms with van der Waals surface area (Å²) < 4.78 is 6.88. The molecule has 0 aliphatic heterocycles. The molecule has 0 amide bonds. The van der Waals surface area contributed by atoms with E-state index in [0.717, 1.165) is 12.2 Å². The Morgan fingerprint density at radius 3 is 2.55 bits per heavy atom. The van der Waals surface area contributed by atoms with Gasteiger partial charge in [0.25, 0.3) is 11.2 Å². The van der Waals surface area contributed by atoms with Gasteiger partial charge in [0.05, 0.1) is 17.7 Å². The van der Waals surface area contributed by atoms with Gasteiger partial charge in [-0.2, -0.15) is 0 Å². The van der Waals surface area contributed by atoms with Crippen molar-refractivity contribution in [2.24, 2.45) is 0 Å². The molecule has 1 heterocycles. The molecule has 0 unspecified atom stereocenters. The van der Waals surface area contributed by atoms with E-state index in [1.165, 1.54) is 22.9 Å². The van der Waals surface area contributed by atoms with Gasteiger partial charge in [-0.3, -0.25) is 14.9 Å². The summed E-state index contributed by atoms with van der Waals surface area (Å²) in [5.74, 6) is 0.733. The van der Waals surface area contributed by atoms with Crippen molar-refractivity contribution in [1.82, 2.24) is 4.57 Å².